The Kier molecular flexibility index (Phi) is 17.0. The number of rotatable bonds is 7. The third kappa shape index (κ3) is 10.8. The third-order valence-electron chi connectivity index (χ3n) is 10.7. The third-order valence-corrected chi connectivity index (χ3v) is 16.2. The van der Waals surface area contributed by atoms with Gasteiger partial charge in [-0.25, -0.2) is 0 Å². The molecule has 0 saturated heterocycles. The summed E-state index contributed by atoms with van der Waals surface area (Å²) in [7, 11) is 1.83. The Morgan fingerprint density at radius 2 is 0.729 bits per heavy atom. The van der Waals surface area contributed by atoms with Crippen molar-refractivity contribution >= 4 is 78.9 Å². The van der Waals surface area contributed by atoms with Crippen LogP contribution in [0.5, 0.6) is 0 Å². The normalized spacial score (nSPS) is 14.5. The van der Waals surface area contributed by atoms with E-state index in [9.17, 15) is 0 Å². The second-order valence-corrected chi connectivity index (χ2v) is 19.2. The quantitative estimate of drug-likeness (QED) is 0.116. The Labute approximate surface area is 366 Å². The maximum absolute atomic E-state index is 7.32. The van der Waals surface area contributed by atoms with Gasteiger partial charge in [-0.1, -0.05) is 159 Å². The first-order valence-electron chi connectivity index (χ1n) is 20.0. The van der Waals surface area contributed by atoms with Gasteiger partial charge in [0.2, 0.25) is 0 Å². The molecule has 1 saturated carbocycles. The van der Waals surface area contributed by atoms with E-state index in [4.69, 9.17) is 16.7 Å². The predicted octanol–water partition coefficient (Wildman–Crippen LogP) is 12.3. The number of hydrogen-bond acceptors (Lipinski definition) is 1. The van der Waals surface area contributed by atoms with Gasteiger partial charge in [0.05, 0.1) is 21.9 Å². The molecule has 0 amide bonds. The summed E-state index contributed by atoms with van der Waals surface area (Å²) in [5, 5.41) is 20.9. The maximum atomic E-state index is 7.32. The van der Waals surface area contributed by atoms with Gasteiger partial charge < -0.3 is 11.5 Å². The summed E-state index contributed by atoms with van der Waals surface area (Å²) >= 11 is 1.82. The number of nitrogens with one attached hydrogen (secondary N) is 2. The molecule has 2 N–H and O–H groups in total. The molecule has 0 radical (unpaired) electrons. The number of hydrogen-bond donors (Lipinski definition) is 0. The van der Waals surface area contributed by atoms with Crippen LogP contribution in [0.15, 0.2) is 194 Å². The predicted molar refractivity (Wildman–Crippen MR) is 259 cm³/mol. The van der Waals surface area contributed by atoms with E-state index in [1.807, 2.05) is 17.3 Å². The maximum Gasteiger partial charge on any atom is 0.111 e. The van der Waals surface area contributed by atoms with Crippen LogP contribution in [0.2, 0.25) is 0 Å². The van der Waals surface area contributed by atoms with Crippen molar-refractivity contribution in [2.45, 2.75) is 44.7 Å². The molecule has 0 spiro atoms. The summed E-state index contributed by atoms with van der Waals surface area (Å²) in [6.07, 6.45) is 4.25. The molecule has 59 heavy (non-hydrogen) atoms. The van der Waals surface area contributed by atoms with Crippen molar-refractivity contribution in [1.29, 1.82) is 5.26 Å². The summed E-state index contributed by atoms with van der Waals surface area (Å²) < 4.78 is 0. The van der Waals surface area contributed by atoms with Crippen LogP contribution in [0.1, 0.15) is 32.6 Å². The minimum Gasteiger partial charge on any atom is -0.676 e. The summed E-state index contributed by atoms with van der Waals surface area (Å²) in [5.41, 5.74) is 17.3. The molecule has 1 aliphatic carbocycles. The summed E-state index contributed by atoms with van der Waals surface area (Å²) in [6.45, 7) is 1.43. The van der Waals surface area contributed by atoms with Crippen molar-refractivity contribution in [2.75, 3.05) is 0 Å². The van der Waals surface area contributed by atoms with E-state index in [1.165, 1.54) is 84.3 Å². The van der Waals surface area contributed by atoms with Gasteiger partial charge in [0.1, 0.15) is 31.8 Å². The Morgan fingerprint density at radius 3 is 1.02 bits per heavy atom. The van der Waals surface area contributed by atoms with E-state index < -0.39 is 15.8 Å². The molecular formula is C52H49ClN3P2Ru+2. The smallest absolute Gasteiger partial charge is 0.111 e. The zero-order valence-corrected chi connectivity index (χ0v) is 37.6. The van der Waals surface area contributed by atoms with Crippen LogP contribution in [-0.2, 0) is 17.3 Å². The molecule has 1 aliphatic rings. The molecule has 0 aliphatic heterocycles. The van der Waals surface area contributed by atoms with E-state index in [2.05, 4.69) is 204 Å². The fraction of sp³-hybridized carbons (Fsp3) is 0.135. The van der Waals surface area contributed by atoms with Gasteiger partial charge in [-0.2, -0.15) is 17.3 Å². The zero-order chi connectivity index (χ0) is 41.4. The minimum absolute atomic E-state index is 0.0799. The first-order valence-corrected chi connectivity index (χ1v) is 25.2. The molecule has 8 aromatic rings. The second-order valence-electron chi connectivity index (χ2n) is 14.4. The summed E-state index contributed by atoms with van der Waals surface area (Å²) in [6, 6.07) is 73.8. The van der Waals surface area contributed by atoms with Gasteiger partial charge >= 0.3 is 27.0 Å². The van der Waals surface area contributed by atoms with E-state index in [0.717, 1.165) is 12.8 Å². The first kappa shape index (κ1) is 44.0. The number of fused-ring (bicyclic) bond motifs is 2. The Bertz CT molecular complexity index is 2300. The Morgan fingerprint density at radius 1 is 0.458 bits per heavy atom. The van der Waals surface area contributed by atoms with Gasteiger partial charge in [-0.15, -0.1) is 0 Å². The van der Waals surface area contributed by atoms with Crippen molar-refractivity contribution in [1.82, 2.24) is 0 Å². The molecule has 8 aromatic carbocycles. The van der Waals surface area contributed by atoms with Gasteiger partial charge in [0.25, 0.3) is 0 Å². The molecular weight excluding hydrogens is 865 g/mol. The minimum atomic E-state index is -1.37. The molecule has 1 fully saturated rings. The molecule has 2 atom stereocenters. The van der Waals surface area contributed by atoms with Gasteiger partial charge in [-0.05, 0) is 82.2 Å². The van der Waals surface area contributed by atoms with Gasteiger partial charge in [0, 0.05) is 18.1 Å². The molecule has 3 nitrogen and oxygen atoms in total. The number of halogens is 1. The Hall–Kier alpha value is -4.54. The number of nitrogens with zero attached hydrogens (tertiary/aromatic N) is 1. The van der Waals surface area contributed by atoms with Crippen molar-refractivity contribution in [2.24, 2.45) is 0 Å². The van der Waals surface area contributed by atoms with Crippen LogP contribution in [0, 0.1) is 11.3 Å². The molecule has 7 heteroatoms. The summed E-state index contributed by atoms with van der Waals surface area (Å²) in [4.78, 5) is 0. The SMILES string of the molecule is CC#N.[Cl][Ru+2].[NH-]C1CCCCC1[NH-].c1ccc([PH+](c2ccccc2)c2ccc3ccccc3c2-c2c([PH+](c3ccccc3)c3ccccc3)ccc3ccccc23)cc1. The number of nitriles is 1. The summed E-state index contributed by atoms with van der Waals surface area (Å²) in [5.74, 6) is 0. The van der Waals surface area contributed by atoms with Crippen LogP contribution < -0.4 is 31.8 Å². The van der Waals surface area contributed by atoms with E-state index >= 15 is 0 Å². The molecule has 0 bridgehead atoms. The molecule has 295 valence electrons. The average Bonchev–Trinajstić information content (AvgIpc) is 3.30. The second kappa shape index (κ2) is 22.7. The molecule has 9 rings (SSSR count). The van der Waals surface area contributed by atoms with E-state index in [0.29, 0.717) is 0 Å². The topological polar surface area (TPSA) is 71.4 Å². The van der Waals surface area contributed by atoms with Gasteiger partial charge in [0.15, 0.2) is 0 Å². The van der Waals surface area contributed by atoms with Crippen LogP contribution in [0.4, 0.5) is 0 Å². The molecule has 0 heterocycles. The standard InChI is InChI=1S/C44H32P2.C6H12N2.C2H3N.ClH.Ru/c1-5-19-35(20-6-1)45(36-21-7-2-8-22-36)41-31-29-33-17-13-15-27-39(33)43(41)44-40-28-16-14-18-34(40)30-32-42(44)46(37-23-9-3-10-24-37)38-25-11-4-12-26-38;7-5-3-1-2-4-6(5)8;1-2-3;;/h1-32H;5-8H,1-4H2;1H3;1H;/q;-2;;;+3/p+1. The van der Waals surface area contributed by atoms with Crippen LogP contribution in [0.25, 0.3) is 44.1 Å². The first-order chi connectivity index (χ1) is 29.1. The van der Waals surface area contributed by atoms with Crippen LogP contribution >= 0.6 is 25.5 Å². The zero-order valence-electron chi connectivity index (χ0n) is 33.1. The van der Waals surface area contributed by atoms with E-state index in [1.54, 1.807) is 6.07 Å². The fourth-order valence-electron chi connectivity index (χ4n) is 8.00. The Balaban J connectivity index is 0.000000392. The fourth-order valence-corrected chi connectivity index (χ4v) is 13.5. The van der Waals surface area contributed by atoms with Crippen molar-refractivity contribution < 1.29 is 17.3 Å². The van der Waals surface area contributed by atoms with E-state index in [-0.39, 0.29) is 12.1 Å². The van der Waals surface area contributed by atoms with Crippen LogP contribution in [-0.4, -0.2) is 12.1 Å². The average molecular weight is 914 g/mol. The van der Waals surface area contributed by atoms with Crippen molar-refractivity contribution in [3.8, 4) is 17.2 Å². The largest absolute Gasteiger partial charge is 0.676 e. The number of benzene rings is 8. The monoisotopic (exact) mass is 914 g/mol. The van der Waals surface area contributed by atoms with Crippen molar-refractivity contribution in [3.63, 3.8) is 0 Å². The molecule has 2 unspecified atom stereocenters. The van der Waals surface area contributed by atoms with Gasteiger partial charge in [-0.3, -0.25) is 0 Å². The molecule has 0 aromatic heterocycles. The van der Waals surface area contributed by atoms with Crippen LogP contribution in [0.3, 0.4) is 0 Å². The van der Waals surface area contributed by atoms with Crippen molar-refractivity contribution in [3.05, 3.63) is 206 Å².